The van der Waals surface area contributed by atoms with E-state index in [1.165, 1.54) is 0 Å². The smallest absolute Gasteiger partial charge is 0.133 e. The van der Waals surface area contributed by atoms with Crippen LogP contribution in [0.1, 0.15) is 0 Å². The van der Waals surface area contributed by atoms with Gasteiger partial charge in [0.15, 0.2) is 0 Å². The minimum Gasteiger partial charge on any atom is -0.492 e. The molecule has 2 aromatic rings. The van der Waals surface area contributed by atoms with Gasteiger partial charge in [0.1, 0.15) is 30.0 Å². The molecule has 2 heterocycles. The average Bonchev–Trinajstić information content (AvgIpc) is 2.62. The van der Waals surface area contributed by atoms with Crippen molar-refractivity contribution in [3.05, 3.63) is 24.5 Å². The zero-order chi connectivity index (χ0) is 16.8. The Hall–Kier alpha value is -1.70. The summed E-state index contributed by atoms with van der Waals surface area (Å²) < 4.78 is 5.89. The Kier molecular flexibility index (Phi) is 6.01. The molecule has 0 radical (unpaired) electrons. The number of ether oxygens (including phenoxy) is 1. The van der Waals surface area contributed by atoms with E-state index in [0.717, 1.165) is 60.7 Å². The van der Waals surface area contributed by atoms with Gasteiger partial charge in [0.2, 0.25) is 0 Å². The molecule has 0 spiro atoms. The van der Waals surface area contributed by atoms with E-state index in [4.69, 9.17) is 4.74 Å². The summed E-state index contributed by atoms with van der Waals surface area (Å²) in [6.45, 7) is 5.96. The van der Waals surface area contributed by atoms with E-state index in [0.29, 0.717) is 13.2 Å². The zero-order valence-electron chi connectivity index (χ0n) is 13.9. The molecule has 0 amide bonds. The summed E-state index contributed by atoms with van der Waals surface area (Å²) in [4.78, 5) is 23.7. The molecule has 7 heteroatoms. The van der Waals surface area contributed by atoms with E-state index in [1.54, 1.807) is 18.1 Å². The van der Waals surface area contributed by atoms with Crippen molar-refractivity contribution in [2.24, 2.45) is 0 Å². The number of hydrogen-bond acceptors (Lipinski definition) is 7. The number of rotatable bonds is 7. The van der Waals surface area contributed by atoms with Crippen LogP contribution in [-0.4, -0.2) is 78.2 Å². The summed E-state index contributed by atoms with van der Waals surface area (Å²) in [5.74, 6) is 0.841. The second-order valence-corrected chi connectivity index (χ2v) is 6.51. The van der Waals surface area contributed by atoms with Crippen LogP contribution in [0, 0.1) is 0 Å². The summed E-state index contributed by atoms with van der Waals surface area (Å²) in [5.41, 5.74) is 0.911. The predicted octanol–water partition coefficient (Wildman–Crippen LogP) is 1.55. The standard InChI is InChI=1S/C17H22N4O2S/c1-24-17-15-3-2-14(12-16(15)18-13-19-17)23-11-9-21-6-4-20(5-7-21)8-10-22/h2-3,10,12-13H,4-9,11H2,1H3. The quantitative estimate of drug-likeness (QED) is 0.428. The molecule has 1 aromatic heterocycles. The number of nitrogens with zero attached hydrogens (tertiary/aromatic N) is 4. The number of piperazine rings is 1. The lowest BCUT2D eigenvalue weighted by Crippen LogP contribution is -2.47. The Morgan fingerprint density at radius 1 is 1.21 bits per heavy atom. The van der Waals surface area contributed by atoms with Gasteiger partial charge < -0.3 is 9.53 Å². The highest BCUT2D eigenvalue weighted by atomic mass is 32.2. The first-order valence-corrected chi connectivity index (χ1v) is 9.32. The topological polar surface area (TPSA) is 58.6 Å². The van der Waals surface area contributed by atoms with Crippen molar-refractivity contribution < 1.29 is 9.53 Å². The summed E-state index contributed by atoms with van der Waals surface area (Å²) in [6, 6.07) is 5.97. The maximum absolute atomic E-state index is 10.5. The first-order chi connectivity index (χ1) is 11.8. The molecule has 0 saturated carbocycles. The highest BCUT2D eigenvalue weighted by Crippen LogP contribution is 2.25. The van der Waals surface area contributed by atoms with Crippen molar-refractivity contribution in [3.63, 3.8) is 0 Å². The van der Waals surface area contributed by atoms with Crippen LogP contribution < -0.4 is 4.74 Å². The van der Waals surface area contributed by atoms with Crippen LogP contribution >= 0.6 is 11.8 Å². The molecule has 1 fully saturated rings. The number of carbonyl (C=O) groups is 1. The van der Waals surface area contributed by atoms with Crippen molar-refractivity contribution in [1.82, 2.24) is 19.8 Å². The Labute approximate surface area is 146 Å². The SMILES string of the molecule is CSc1ncnc2cc(OCCN3CCN(CC=O)CC3)ccc12. The van der Waals surface area contributed by atoms with E-state index in [2.05, 4.69) is 19.8 Å². The number of fused-ring (bicyclic) bond motifs is 1. The van der Waals surface area contributed by atoms with E-state index >= 15 is 0 Å². The maximum atomic E-state index is 10.5. The number of aromatic nitrogens is 2. The minimum atomic E-state index is 0.543. The normalized spacial score (nSPS) is 16.4. The maximum Gasteiger partial charge on any atom is 0.133 e. The molecule has 0 unspecified atom stereocenters. The number of benzene rings is 1. The van der Waals surface area contributed by atoms with Gasteiger partial charge >= 0.3 is 0 Å². The highest BCUT2D eigenvalue weighted by Gasteiger charge is 2.15. The van der Waals surface area contributed by atoms with E-state index in [-0.39, 0.29) is 0 Å². The fourth-order valence-corrected chi connectivity index (χ4v) is 3.40. The summed E-state index contributed by atoms with van der Waals surface area (Å²) in [5, 5.41) is 2.04. The molecule has 1 aliphatic heterocycles. The van der Waals surface area contributed by atoms with E-state index < -0.39 is 0 Å². The first-order valence-electron chi connectivity index (χ1n) is 8.10. The molecule has 0 N–H and O–H groups in total. The molecule has 1 aromatic carbocycles. The third kappa shape index (κ3) is 4.23. The Balaban J connectivity index is 1.50. The predicted molar refractivity (Wildman–Crippen MR) is 95.8 cm³/mol. The molecule has 3 rings (SSSR count). The second-order valence-electron chi connectivity index (χ2n) is 5.72. The number of aldehydes is 1. The van der Waals surface area contributed by atoms with Gasteiger partial charge in [-0.05, 0) is 18.4 Å². The van der Waals surface area contributed by atoms with Gasteiger partial charge in [-0.2, -0.15) is 0 Å². The Morgan fingerprint density at radius 2 is 2.00 bits per heavy atom. The molecule has 0 atom stereocenters. The number of thioether (sulfide) groups is 1. The van der Waals surface area contributed by atoms with Crippen LogP contribution in [0.2, 0.25) is 0 Å². The van der Waals surface area contributed by atoms with Crippen LogP contribution in [0.4, 0.5) is 0 Å². The molecule has 1 saturated heterocycles. The van der Waals surface area contributed by atoms with E-state index in [1.807, 2.05) is 24.5 Å². The number of carbonyl (C=O) groups excluding carboxylic acids is 1. The molecule has 1 aliphatic rings. The summed E-state index contributed by atoms with van der Waals surface area (Å²) in [7, 11) is 0. The van der Waals surface area contributed by atoms with Gasteiger partial charge in [-0.3, -0.25) is 9.80 Å². The second kappa shape index (κ2) is 8.41. The molecule has 128 valence electrons. The van der Waals surface area contributed by atoms with Crippen molar-refractivity contribution >= 4 is 29.0 Å². The average molecular weight is 346 g/mol. The molecular weight excluding hydrogens is 324 g/mol. The molecular formula is C17H22N4O2S. The fourth-order valence-electron chi connectivity index (χ4n) is 2.86. The third-order valence-corrected chi connectivity index (χ3v) is 4.95. The lowest BCUT2D eigenvalue weighted by Gasteiger charge is -2.33. The van der Waals surface area contributed by atoms with Gasteiger partial charge in [0.05, 0.1) is 12.1 Å². The Bertz CT molecular complexity index is 689. The first kappa shape index (κ1) is 17.1. The molecule has 24 heavy (non-hydrogen) atoms. The van der Waals surface area contributed by atoms with Crippen LogP contribution in [0.5, 0.6) is 5.75 Å². The zero-order valence-corrected chi connectivity index (χ0v) is 14.7. The monoisotopic (exact) mass is 346 g/mol. The minimum absolute atomic E-state index is 0.543. The lowest BCUT2D eigenvalue weighted by molar-refractivity contribution is -0.109. The Morgan fingerprint density at radius 3 is 2.75 bits per heavy atom. The van der Waals surface area contributed by atoms with Crippen molar-refractivity contribution in [2.45, 2.75) is 5.03 Å². The van der Waals surface area contributed by atoms with Crippen molar-refractivity contribution in [2.75, 3.05) is 52.1 Å². The number of hydrogen-bond donors (Lipinski definition) is 0. The highest BCUT2D eigenvalue weighted by molar-refractivity contribution is 7.98. The van der Waals surface area contributed by atoms with Crippen LogP contribution in [0.3, 0.4) is 0 Å². The largest absolute Gasteiger partial charge is 0.492 e. The summed E-state index contributed by atoms with van der Waals surface area (Å²) in [6.07, 6.45) is 4.59. The van der Waals surface area contributed by atoms with Crippen LogP contribution in [-0.2, 0) is 4.79 Å². The molecule has 6 nitrogen and oxygen atoms in total. The van der Waals surface area contributed by atoms with Gasteiger partial charge in [0, 0.05) is 44.2 Å². The fraction of sp³-hybridized carbons (Fsp3) is 0.471. The third-order valence-electron chi connectivity index (χ3n) is 4.24. The van der Waals surface area contributed by atoms with Crippen molar-refractivity contribution in [1.29, 1.82) is 0 Å². The lowest BCUT2D eigenvalue weighted by atomic mass is 10.2. The summed E-state index contributed by atoms with van der Waals surface area (Å²) >= 11 is 1.62. The van der Waals surface area contributed by atoms with Gasteiger partial charge in [-0.1, -0.05) is 0 Å². The van der Waals surface area contributed by atoms with E-state index in [9.17, 15) is 4.79 Å². The van der Waals surface area contributed by atoms with Crippen LogP contribution in [0.15, 0.2) is 29.6 Å². The van der Waals surface area contributed by atoms with Crippen LogP contribution in [0.25, 0.3) is 10.9 Å². The van der Waals surface area contributed by atoms with Gasteiger partial charge in [-0.25, -0.2) is 9.97 Å². The van der Waals surface area contributed by atoms with Gasteiger partial charge in [-0.15, -0.1) is 11.8 Å². The molecule has 0 aliphatic carbocycles. The van der Waals surface area contributed by atoms with Crippen molar-refractivity contribution in [3.8, 4) is 5.75 Å². The van der Waals surface area contributed by atoms with Gasteiger partial charge in [0.25, 0.3) is 0 Å². The molecule has 0 bridgehead atoms.